The van der Waals surface area contributed by atoms with Gasteiger partial charge in [0.05, 0.1) is 17.9 Å². The number of rotatable bonds is 3. The third-order valence-electron chi connectivity index (χ3n) is 4.66. The van der Waals surface area contributed by atoms with Crippen LogP contribution in [0.3, 0.4) is 0 Å². The monoisotopic (exact) mass is 348 g/mol. The summed E-state index contributed by atoms with van der Waals surface area (Å²) in [4.78, 5) is 29.5. The molecule has 0 unspecified atom stereocenters. The second-order valence-electron chi connectivity index (χ2n) is 6.52. The molecule has 132 valence electrons. The van der Waals surface area contributed by atoms with Crippen LogP contribution in [0.2, 0.25) is 0 Å². The zero-order valence-corrected chi connectivity index (χ0v) is 14.5. The van der Waals surface area contributed by atoms with Gasteiger partial charge in [0.2, 0.25) is 0 Å². The molecule has 1 aromatic heterocycles. The van der Waals surface area contributed by atoms with Gasteiger partial charge in [-0.1, -0.05) is 48.5 Å². The highest BCUT2D eigenvalue weighted by atomic mass is 16.2. The summed E-state index contributed by atoms with van der Waals surface area (Å²) in [5.74, 6) is 0.581. The SMILES string of the molecule is Cc1ccccc1-n1c2c(c(=O)[nH]c1=O)CN(Cc1ccccc1)CN2. The molecule has 4 rings (SSSR count). The molecular formula is C20H20N4O2. The van der Waals surface area contributed by atoms with Crippen LogP contribution in [0.15, 0.2) is 64.2 Å². The van der Waals surface area contributed by atoms with Crippen LogP contribution in [0.5, 0.6) is 0 Å². The Bertz CT molecular complexity index is 1050. The van der Waals surface area contributed by atoms with Crippen LogP contribution in [-0.4, -0.2) is 21.1 Å². The maximum Gasteiger partial charge on any atom is 0.334 e. The van der Waals surface area contributed by atoms with Gasteiger partial charge in [0.15, 0.2) is 0 Å². The first-order valence-corrected chi connectivity index (χ1v) is 8.58. The van der Waals surface area contributed by atoms with Crippen molar-refractivity contribution in [1.29, 1.82) is 0 Å². The third-order valence-corrected chi connectivity index (χ3v) is 4.66. The zero-order valence-electron chi connectivity index (χ0n) is 14.5. The minimum absolute atomic E-state index is 0.333. The highest BCUT2D eigenvalue weighted by Gasteiger charge is 2.23. The van der Waals surface area contributed by atoms with E-state index in [0.717, 1.165) is 17.8 Å². The van der Waals surface area contributed by atoms with Crippen molar-refractivity contribution >= 4 is 5.82 Å². The van der Waals surface area contributed by atoms with E-state index >= 15 is 0 Å². The summed E-state index contributed by atoms with van der Waals surface area (Å²) in [5.41, 5.74) is 2.75. The average Bonchev–Trinajstić information content (AvgIpc) is 2.64. The minimum Gasteiger partial charge on any atom is -0.358 e. The van der Waals surface area contributed by atoms with Crippen molar-refractivity contribution in [3.63, 3.8) is 0 Å². The second kappa shape index (κ2) is 6.65. The summed E-state index contributed by atoms with van der Waals surface area (Å²) < 4.78 is 1.56. The molecule has 0 spiro atoms. The van der Waals surface area contributed by atoms with Crippen molar-refractivity contribution in [1.82, 2.24) is 14.5 Å². The minimum atomic E-state index is -0.424. The van der Waals surface area contributed by atoms with Crippen molar-refractivity contribution in [2.45, 2.75) is 20.0 Å². The first-order valence-electron chi connectivity index (χ1n) is 8.58. The van der Waals surface area contributed by atoms with Gasteiger partial charge in [0.25, 0.3) is 5.56 Å². The van der Waals surface area contributed by atoms with E-state index in [1.54, 1.807) is 4.57 Å². The Kier molecular flexibility index (Phi) is 4.18. The normalized spacial score (nSPS) is 13.9. The van der Waals surface area contributed by atoms with Gasteiger partial charge < -0.3 is 5.32 Å². The molecule has 0 aliphatic carbocycles. The van der Waals surface area contributed by atoms with E-state index in [1.807, 2.05) is 49.4 Å². The fourth-order valence-corrected chi connectivity index (χ4v) is 3.37. The number of aromatic nitrogens is 2. The van der Waals surface area contributed by atoms with Crippen molar-refractivity contribution in [3.05, 3.63) is 92.1 Å². The molecule has 0 amide bonds. The van der Waals surface area contributed by atoms with E-state index < -0.39 is 5.69 Å². The van der Waals surface area contributed by atoms with Crippen molar-refractivity contribution < 1.29 is 0 Å². The molecular weight excluding hydrogens is 328 g/mol. The number of hydrogen-bond acceptors (Lipinski definition) is 4. The van der Waals surface area contributed by atoms with Gasteiger partial charge in [-0.25, -0.2) is 9.36 Å². The number of aromatic amines is 1. The van der Waals surface area contributed by atoms with Crippen molar-refractivity contribution in [2.24, 2.45) is 0 Å². The lowest BCUT2D eigenvalue weighted by atomic mass is 10.1. The summed E-state index contributed by atoms with van der Waals surface area (Å²) in [5, 5.41) is 3.28. The maximum absolute atomic E-state index is 12.5. The molecule has 2 heterocycles. The maximum atomic E-state index is 12.5. The van der Waals surface area contributed by atoms with Crippen LogP contribution in [0.1, 0.15) is 16.7 Å². The summed E-state index contributed by atoms with van der Waals surface area (Å²) >= 11 is 0. The molecule has 0 bridgehead atoms. The summed E-state index contributed by atoms with van der Waals surface area (Å²) in [6.45, 7) is 3.73. The van der Waals surface area contributed by atoms with Crippen LogP contribution in [-0.2, 0) is 13.1 Å². The van der Waals surface area contributed by atoms with E-state index in [-0.39, 0.29) is 5.56 Å². The fraction of sp³-hybridized carbons (Fsp3) is 0.200. The summed E-state index contributed by atoms with van der Waals surface area (Å²) in [6.07, 6.45) is 0. The number of H-pyrrole nitrogens is 1. The first kappa shape index (κ1) is 16.4. The topological polar surface area (TPSA) is 70.1 Å². The quantitative estimate of drug-likeness (QED) is 0.761. The predicted octanol–water partition coefficient (Wildman–Crippen LogP) is 2.22. The molecule has 0 saturated heterocycles. The molecule has 0 radical (unpaired) electrons. The molecule has 0 fully saturated rings. The van der Waals surface area contributed by atoms with Gasteiger partial charge in [0, 0.05) is 13.1 Å². The molecule has 6 nitrogen and oxygen atoms in total. The Balaban J connectivity index is 1.74. The smallest absolute Gasteiger partial charge is 0.334 e. The number of nitrogens with one attached hydrogen (secondary N) is 2. The van der Waals surface area contributed by atoms with Gasteiger partial charge in [-0.3, -0.25) is 14.7 Å². The fourth-order valence-electron chi connectivity index (χ4n) is 3.37. The van der Waals surface area contributed by atoms with Crippen LogP contribution >= 0.6 is 0 Å². The molecule has 1 aliphatic rings. The largest absolute Gasteiger partial charge is 0.358 e. The molecule has 0 saturated carbocycles. The second-order valence-corrected chi connectivity index (χ2v) is 6.52. The predicted molar refractivity (Wildman–Crippen MR) is 102 cm³/mol. The van der Waals surface area contributed by atoms with Gasteiger partial charge >= 0.3 is 5.69 Å². The highest BCUT2D eigenvalue weighted by Crippen LogP contribution is 2.23. The van der Waals surface area contributed by atoms with Gasteiger partial charge in [-0.15, -0.1) is 0 Å². The number of nitrogens with zero attached hydrogens (tertiary/aromatic N) is 2. The molecule has 2 aromatic carbocycles. The third kappa shape index (κ3) is 2.95. The van der Waals surface area contributed by atoms with Gasteiger partial charge in [-0.05, 0) is 24.1 Å². The average molecular weight is 348 g/mol. The molecule has 3 aromatic rings. The van der Waals surface area contributed by atoms with Crippen molar-refractivity contribution in [2.75, 3.05) is 12.0 Å². The lowest BCUT2D eigenvalue weighted by Crippen LogP contribution is -2.42. The number of benzene rings is 2. The van der Waals surface area contributed by atoms with Crippen LogP contribution in [0.25, 0.3) is 5.69 Å². The van der Waals surface area contributed by atoms with Crippen LogP contribution in [0.4, 0.5) is 5.82 Å². The van der Waals surface area contributed by atoms with E-state index in [4.69, 9.17) is 0 Å². The molecule has 1 aliphatic heterocycles. The summed E-state index contributed by atoms with van der Waals surface area (Å²) in [6, 6.07) is 17.8. The van der Waals surface area contributed by atoms with Crippen LogP contribution < -0.4 is 16.6 Å². The Morgan fingerprint density at radius 3 is 2.50 bits per heavy atom. The lowest BCUT2D eigenvalue weighted by Gasteiger charge is -2.31. The molecule has 2 N–H and O–H groups in total. The van der Waals surface area contributed by atoms with Crippen LogP contribution in [0, 0.1) is 6.92 Å². The summed E-state index contributed by atoms with van der Waals surface area (Å²) in [7, 11) is 0. The molecule has 26 heavy (non-hydrogen) atoms. The Morgan fingerprint density at radius 1 is 1.00 bits per heavy atom. The number of para-hydroxylation sites is 1. The van der Waals surface area contributed by atoms with Crippen molar-refractivity contribution in [3.8, 4) is 5.69 Å². The van der Waals surface area contributed by atoms with Gasteiger partial charge in [0.1, 0.15) is 5.82 Å². The Morgan fingerprint density at radius 2 is 1.73 bits per heavy atom. The lowest BCUT2D eigenvalue weighted by molar-refractivity contribution is 0.263. The number of anilines is 1. The first-order chi connectivity index (χ1) is 12.6. The number of hydrogen-bond donors (Lipinski definition) is 2. The highest BCUT2D eigenvalue weighted by molar-refractivity contribution is 5.54. The zero-order chi connectivity index (χ0) is 18.1. The molecule has 6 heteroatoms. The van der Waals surface area contributed by atoms with E-state index in [1.165, 1.54) is 5.56 Å². The number of aryl methyl sites for hydroxylation is 1. The Hall–Kier alpha value is -3.12. The molecule has 0 atom stereocenters. The van der Waals surface area contributed by atoms with E-state index in [9.17, 15) is 9.59 Å². The Labute approximate surface area is 150 Å². The standard InChI is InChI=1S/C20H20N4O2/c1-14-7-5-6-10-17(14)24-18-16(19(25)22-20(24)26)12-23(13-21-18)11-15-8-3-2-4-9-15/h2-10,21H,11-13H2,1H3,(H,22,25,26). The van der Waals surface area contributed by atoms with E-state index in [0.29, 0.717) is 24.6 Å². The van der Waals surface area contributed by atoms with Gasteiger partial charge in [-0.2, -0.15) is 0 Å². The van der Waals surface area contributed by atoms with E-state index in [2.05, 4.69) is 27.3 Å². The number of fused-ring (bicyclic) bond motifs is 1.